The Bertz CT molecular complexity index is 550. The molecule has 2 aromatic heterocycles. The largest absolute Gasteiger partial charge is 0.352 e. The maximum Gasteiger partial charge on any atom is 0.185 e. The third kappa shape index (κ3) is 2.44. The first-order chi connectivity index (χ1) is 9.38. The van der Waals surface area contributed by atoms with Crippen LogP contribution < -0.4 is 9.80 Å². The average molecular weight is 274 g/mol. The van der Waals surface area contributed by atoms with Crippen molar-refractivity contribution >= 4 is 28.6 Å². The number of hydrogen-bond donors (Lipinski definition) is 0. The minimum atomic E-state index is 0.658. The molecule has 0 unspecified atom stereocenters. The molecule has 1 saturated heterocycles. The minimum absolute atomic E-state index is 0.658. The van der Waals surface area contributed by atoms with E-state index in [1.165, 1.54) is 0 Å². The van der Waals surface area contributed by atoms with Crippen molar-refractivity contribution in [3.63, 3.8) is 0 Å². The molecule has 0 aromatic carbocycles. The van der Waals surface area contributed by atoms with Gasteiger partial charge in [-0.15, -0.1) is 11.3 Å². The van der Waals surface area contributed by atoms with Crippen LogP contribution >= 0.6 is 11.3 Å². The maximum atomic E-state index is 11.0. The summed E-state index contributed by atoms with van der Waals surface area (Å²) < 4.78 is 0. The second-order valence-electron chi connectivity index (χ2n) is 4.32. The zero-order valence-electron chi connectivity index (χ0n) is 10.4. The quantitative estimate of drug-likeness (QED) is 0.797. The van der Waals surface area contributed by atoms with Gasteiger partial charge in [-0.05, 0) is 12.1 Å². The van der Waals surface area contributed by atoms with Gasteiger partial charge in [0.05, 0.1) is 5.56 Å². The highest BCUT2D eigenvalue weighted by molar-refractivity contribution is 7.13. The van der Waals surface area contributed by atoms with E-state index >= 15 is 0 Å². The lowest BCUT2D eigenvalue weighted by atomic mass is 10.2. The van der Waals surface area contributed by atoms with Crippen LogP contribution in [-0.2, 0) is 0 Å². The number of rotatable bonds is 3. The third-order valence-corrected chi connectivity index (χ3v) is 4.05. The lowest BCUT2D eigenvalue weighted by Crippen LogP contribution is -2.47. The smallest absolute Gasteiger partial charge is 0.185 e. The van der Waals surface area contributed by atoms with Gasteiger partial charge in [-0.1, -0.05) is 0 Å². The van der Waals surface area contributed by atoms with Gasteiger partial charge in [0, 0.05) is 44.0 Å². The van der Waals surface area contributed by atoms with E-state index in [-0.39, 0.29) is 0 Å². The van der Waals surface area contributed by atoms with Crippen LogP contribution in [-0.4, -0.2) is 42.4 Å². The Kier molecular flexibility index (Phi) is 3.41. The van der Waals surface area contributed by atoms with Crippen molar-refractivity contribution in [1.29, 1.82) is 0 Å². The number of carbonyl (C=O) groups excluding carboxylic acids is 1. The number of carbonyl (C=O) groups is 1. The van der Waals surface area contributed by atoms with Crippen LogP contribution in [0.2, 0.25) is 0 Å². The summed E-state index contributed by atoms with van der Waals surface area (Å²) in [5.74, 6) is 0.788. The molecule has 98 valence electrons. The fourth-order valence-corrected chi connectivity index (χ4v) is 2.94. The summed E-state index contributed by atoms with van der Waals surface area (Å²) in [4.78, 5) is 24.1. The summed E-state index contributed by atoms with van der Waals surface area (Å²) in [5, 5.41) is 3.06. The highest BCUT2D eigenvalue weighted by atomic mass is 32.1. The first kappa shape index (κ1) is 12.1. The van der Waals surface area contributed by atoms with Crippen molar-refractivity contribution in [2.45, 2.75) is 0 Å². The van der Waals surface area contributed by atoms with Crippen molar-refractivity contribution in [1.82, 2.24) is 9.97 Å². The standard InChI is InChI=1S/C13H14N4OS/c18-10-11-2-1-3-14-12(11)16-5-7-17(8-6-16)13-15-4-9-19-13/h1-4,9-10H,5-8H2. The number of pyridine rings is 1. The van der Waals surface area contributed by atoms with E-state index in [1.54, 1.807) is 23.6 Å². The molecular weight excluding hydrogens is 260 g/mol. The summed E-state index contributed by atoms with van der Waals surface area (Å²) in [6, 6.07) is 3.60. The second kappa shape index (κ2) is 5.36. The van der Waals surface area contributed by atoms with Crippen LogP contribution in [0.1, 0.15) is 10.4 Å². The van der Waals surface area contributed by atoms with Gasteiger partial charge in [0.2, 0.25) is 0 Å². The van der Waals surface area contributed by atoms with Crippen LogP contribution in [0.15, 0.2) is 29.9 Å². The normalized spacial score (nSPS) is 15.6. The Morgan fingerprint density at radius 3 is 2.58 bits per heavy atom. The van der Waals surface area contributed by atoms with Crippen molar-refractivity contribution in [2.24, 2.45) is 0 Å². The first-order valence-electron chi connectivity index (χ1n) is 6.18. The Morgan fingerprint density at radius 2 is 1.89 bits per heavy atom. The van der Waals surface area contributed by atoms with Crippen LogP contribution in [0.5, 0.6) is 0 Å². The average Bonchev–Trinajstić information content (AvgIpc) is 3.02. The third-order valence-electron chi connectivity index (χ3n) is 3.21. The number of piperazine rings is 1. The molecule has 0 saturated carbocycles. The molecule has 0 atom stereocenters. The maximum absolute atomic E-state index is 11.0. The molecule has 0 N–H and O–H groups in total. The molecule has 1 aliphatic rings. The van der Waals surface area contributed by atoms with E-state index in [0.717, 1.165) is 43.4 Å². The first-order valence-corrected chi connectivity index (χ1v) is 7.06. The zero-order valence-corrected chi connectivity index (χ0v) is 11.2. The van der Waals surface area contributed by atoms with E-state index < -0.39 is 0 Å². The lowest BCUT2D eigenvalue weighted by Gasteiger charge is -2.35. The highest BCUT2D eigenvalue weighted by Crippen LogP contribution is 2.22. The number of aldehydes is 1. The molecule has 3 heterocycles. The van der Waals surface area contributed by atoms with E-state index in [9.17, 15) is 4.79 Å². The molecule has 1 fully saturated rings. The minimum Gasteiger partial charge on any atom is -0.352 e. The topological polar surface area (TPSA) is 49.3 Å². The molecular formula is C13H14N4OS. The zero-order chi connectivity index (χ0) is 13.1. The monoisotopic (exact) mass is 274 g/mol. The lowest BCUT2D eigenvalue weighted by molar-refractivity contribution is 0.112. The Balaban J connectivity index is 1.71. The van der Waals surface area contributed by atoms with Gasteiger partial charge in [0.1, 0.15) is 5.82 Å². The van der Waals surface area contributed by atoms with E-state index in [0.29, 0.717) is 5.56 Å². The van der Waals surface area contributed by atoms with E-state index in [1.807, 2.05) is 17.6 Å². The molecule has 1 aliphatic heterocycles. The molecule has 0 spiro atoms. The number of hydrogen-bond acceptors (Lipinski definition) is 6. The van der Waals surface area contributed by atoms with Crippen molar-refractivity contribution < 1.29 is 4.79 Å². The summed E-state index contributed by atoms with van der Waals surface area (Å²) >= 11 is 1.66. The number of anilines is 2. The highest BCUT2D eigenvalue weighted by Gasteiger charge is 2.21. The summed E-state index contributed by atoms with van der Waals surface area (Å²) in [6.07, 6.45) is 4.43. The van der Waals surface area contributed by atoms with Gasteiger partial charge >= 0.3 is 0 Å². The van der Waals surface area contributed by atoms with Crippen molar-refractivity contribution in [3.05, 3.63) is 35.5 Å². The predicted molar refractivity (Wildman–Crippen MR) is 76.2 cm³/mol. The summed E-state index contributed by atoms with van der Waals surface area (Å²) in [6.45, 7) is 3.53. The van der Waals surface area contributed by atoms with Crippen LogP contribution in [0.3, 0.4) is 0 Å². The second-order valence-corrected chi connectivity index (χ2v) is 5.20. The molecule has 0 aliphatic carbocycles. The van der Waals surface area contributed by atoms with E-state index in [4.69, 9.17) is 0 Å². The van der Waals surface area contributed by atoms with Crippen molar-refractivity contribution in [2.75, 3.05) is 36.0 Å². The van der Waals surface area contributed by atoms with Gasteiger partial charge in [0.25, 0.3) is 0 Å². The summed E-state index contributed by atoms with van der Waals surface area (Å²) in [7, 11) is 0. The van der Waals surface area contributed by atoms with Gasteiger partial charge in [-0.25, -0.2) is 9.97 Å². The number of nitrogens with zero attached hydrogens (tertiary/aromatic N) is 4. The Morgan fingerprint density at radius 1 is 1.11 bits per heavy atom. The Labute approximate surface area is 115 Å². The van der Waals surface area contributed by atoms with Gasteiger partial charge < -0.3 is 9.80 Å². The van der Waals surface area contributed by atoms with Crippen LogP contribution in [0, 0.1) is 0 Å². The molecule has 0 bridgehead atoms. The molecule has 0 radical (unpaired) electrons. The molecule has 6 heteroatoms. The predicted octanol–water partition coefficient (Wildman–Crippen LogP) is 1.68. The Hall–Kier alpha value is -1.95. The van der Waals surface area contributed by atoms with Crippen LogP contribution in [0.4, 0.5) is 10.9 Å². The molecule has 3 rings (SSSR count). The SMILES string of the molecule is O=Cc1cccnc1N1CCN(c2nccs2)CC1. The fraction of sp³-hybridized carbons (Fsp3) is 0.308. The van der Waals surface area contributed by atoms with Gasteiger partial charge in [-0.3, -0.25) is 4.79 Å². The molecule has 2 aromatic rings. The van der Waals surface area contributed by atoms with Gasteiger partial charge in [0.15, 0.2) is 11.4 Å². The van der Waals surface area contributed by atoms with E-state index in [2.05, 4.69) is 19.8 Å². The van der Waals surface area contributed by atoms with Gasteiger partial charge in [-0.2, -0.15) is 0 Å². The molecule has 5 nitrogen and oxygen atoms in total. The van der Waals surface area contributed by atoms with Crippen LogP contribution in [0.25, 0.3) is 0 Å². The summed E-state index contributed by atoms with van der Waals surface area (Å²) in [5.41, 5.74) is 0.658. The number of thiazole rings is 1. The van der Waals surface area contributed by atoms with Crippen molar-refractivity contribution in [3.8, 4) is 0 Å². The molecule has 0 amide bonds. The fourth-order valence-electron chi connectivity index (χ4n) is 2.25. The number of aromatic nitrogens is 2. The molecule has 19 heavy (non-hydrogen) atoms.